The van der Waals surface area contributed by atoms with Gasteiger partial charge in [-0.25, -0.2) is 0 Å². The molecule has 0 spiro atoms. The molecular weight excluding hydrogens is 104 g/mol. The quantitative estimate of drug-likeness (QED) is 0.433. The van der Waals surface area contributed by atoms with Crippen molar-refractivity contribution in [3.63, 3.8) is 0 Å². The molecule has 0 aromatic carbocycles. The third-order valence-corrected chi connectivity index (χ3v) is 0.984. The van der Waals surface area contributed by atoms with Gasteiger partial charge in [-0.15, -0.1) is 0 Å². The standard InChI is InChI=1S/C6H14O2/c1-2-3-4-5-8-6-7/h7H,2-6H2,1H3. The van der Waals surface area contributed by atoms with Gasteiger partial charge in [-0.1, -0.05) is 19.8 Å². The molecule has 0 aliphatic rings. The predicted octanol–water partition coefficient (Wildman–Crippen LogP) is 1.14. The second-order valence-electron chi connectivity index (χ2n) is 1.74. The van der Waals surface area contributed by atoms with E-state index in [4.69, 9.17) is 9.84 Å². The van der Waals surface area contributed by atoms with E-state index in [0.717, 1.165) is 6.42 Å². The minimum absolute atomic E-state index is 0.135. The maximum Gasteiger partial charge on any atom is 0.143 e. The van der Waals surface area contributed by atoms with Crippen LogP contribution in [0.25, 0.3) is 0 Å². The Hall–Kier alpha value is -0.0800. The first-order chi connectivity index (χ1) is 3.91. The van der Waals surface area contributed by atoms with Crippen LogP contribution in [-0.2, 0) is 4.74 Å². The number of aliphatic hydroxyl groups is 1. The van der Waals surface area contributed by atoms with E-state index in [1.54, 1.807) is 0 Å². The topological polar surface area (TPSA) is 29.5 Å². The summed E-state index contributed by atoms with van der Waals surface area (Å²) < 4.78 is 4.69. The molecule has 0 aromatic heterocycles. The van der Waals surface area contributed by atoms with E-state index in [9.17, 15) is 0 Å². The summed E-state index contributed by atoms with van der Waals surface area (Å²) in [4.78, 5) is 0. The minimum Gasteiger partial charge on any atom is -0.371 e. The zero-order valence-electron chi connectivity index (χ0n) is 5.39. The van der Waals surface area contributed by atoms with E-state index in [1.165, 1.54) is 12.8 Å². The van der Waals surface area contributed by atoms with Crippen LogP contribution in [0.15, 0.2) is 0 Å². The fourth-order valence-corrected chi connectivity index (χ4v) is 0.519. The lowest BCUT2D eigenvalue weighted by atomic mass is 10.3. The minimum atomic E-state index is -0.135. The summed E-state index contributed by atoms with van der Waals surface area (Å²) in [6.07, 6.45) is 3.46. The van der Waals surface area contributed by atoms with Gasteiger partial charge in [0.1, 0.15) is 6.79 Å². The van der Waals surface area contributed by atoms with Gasteiger partial charge < -0.3 is 9.84 Å². The molecule has 50 valence electrons. The average molecular weight is 118 g/mol. The molecule has 0 saturated carbocycles. The van der Waals surface area contributed by atoms with E-state index in [-0.39, 0.29) is 6.79 Å². The summed E-state index contributed by atoms with van der Waals surface area (Å²) in [6.45, 7) is 2.70. The second kappa shape index (κ2) is 6.92. The van der Waals surface area contributed by atoms with Crippen molar-refractivity contribution in [3.8, 4) is 0 Å². The molecule has 2 heteroatoms. The Balaban J connectivity index is 2.53. The summed E-state index contributed by atoms with van der Waals surface area (Å²) >= 11 is 0. The SMILES string of the molecule is CCCCCOCO. The van der Waals surface area contributed by atoms with Crippen LogP contribution >= 0.6 is 0 Å². The van der Waals surface area contributed by atoms with Crippen molar-refractivity contribution < 1.29 is 9.84 Å². The lowest BCUT2D eigenvalue weighted by Gasteiger charge is -1.96. The number of hydrogen-bond donors (Lipinski definition) is 1. The molecule has 0 rings (SSSR count). The summed E-state index contributed by atoms with van der Waals surface area (Å²) in [6, 6.07) is 0. The van der Waals surface area contributed by atoms with Crippen LogP contribution < -0.4 is 0 Å². The molecule has 0 radical (unpaired) electrons. The van der Waals surface area contributed by atoms with Crippen LogP contribution in [0.4, 0.5) is 0 Å². The third-order valence-electron chi connectivity index (χ3n) is 0.984. The Morgan fingerprint density at radius 3 is 2.62 bits per heavy atom. The van der Waals surface area contributed by atoms with E-state index in [0.29, 0.717) is 6.61 Å². The molecular formula is C6H14O2. The first-order valence-corrected chi connectivity index (χ1v) is 3.10. The van der Waals surface area contributed by atoms with Gasteiger partial charge in [0.05, 0.1) is 0 Å². The van der Waals surface area contributed by atoms with E-state index in [1.807, 2.05) is 0 Å². The van der Waals surface area contributed by atoms with E-state index >= 15 is 0 Å². The Morgan fingerprint density at radius 1 is 1.38 bits per heavy atom. The highest BCUT2D eigenvalue weighted by Crippen LogP contribution is 1.92. The molecule has 0 amide bonds. The van der Waals surface area contributed by atoms with Crippen LogP contribution in [0.1, 0.15) is 26.2 Å². The largest absolute Gasteiger partial charge is 0.371 e. The fourth-order valence-electron chi connectivity index (χ4n) is 0.519. The van der Waals surface area contributed by atoms with Crippen LogP contribution in [0.2, 0.25) is 0 Å². The molecule has 8 heavy (non-hydrogen) atoms. The van der Waals surface area contributed by atoms with Crippen molar-refractivity contribution in [2.24, 2.45) is 0 Å². The Bertz CT molecular complexity index is 31.5. The molecule has 0 aliphatic heterocycles. The van der Waals surface area contributed by atoms with Crippen molar-refractivity contribution in [2.45, 2.75) is 26.2 Å². The highest BCUT2D eigenvalue weighted by molar-refractivity contribution is 4.33. The molecule has 0 aliphatic carbocycles. The smallest absolute Gasteiger partial charge is 0.143 e. The van der Waals surface area contributed by atoms with Crippen molar-refractivity contribution in [2.75, 3.05) is 13.4 Å². The first-order valence-electron chi connectivity index (χ1n) is 3.10. The predicted molar refractivity (Wildman–Crippen MR) is 32.6 cm³/mol. The number of unbranched alkanes of at least 4 members (excludes halogenated alkanes) is 2. The number of ether oxygens (including phenoxy) is 1. The van der Waals surface area contributed by atoms with Crippen LogP contribution in [0.5, 0.6) is 0 Å². The Labute approximate surface area is 50.5 Å². The maximum atomic E-state index is 8.14. The van der Waals surface area contributed by atoms with Crippen LogP contribution in [-0.4, -0.2) is 18.5 Å². The molecule has 0 aromatic rings. The first kappa shape index (κ1) is 7.92. The molecule has 2 nitrogen and oxygen atoms in total. The van der Waals surface area contributed by atoms with Gasteiger partial charge in [-0.05, 0) is 6.42 Å². The van der Waals surface area contributed by atoms with Gasteiger partial charge in [0.15, 0.2) is 0 Å². The number of rotatable bonds is 5. The van der Waals surface area contributed by atoms with Crippen LogP contribution in [0, 0.1) is 0 Å². The monoisotopic (exact) mass is 118 g/mol. The summed E-state index contributed by atoms with van der Waals surface area (Å²) in [5.74, 6) is 0. The van der Waals surface area contributed by atoms with E-state index in [2.05, 4.69) is 6.92 Å². The summed E-state index contributed by atoms with van der Waals surface area (Å²) in [7, 11) is 0. The molecule has 0 bridgehead atoms. The maximum absolute atomic E-state index is 8.14. The van der Waals surface area contributed by atoms with Crippen LogP contribution in [0.3, 0.4) is 0 Å². The zero-order chi connectivity index (χ0) is 6.24. The Morgan fingerprint density at radius 2 is 2.12 bits per heavy atom. The fraction of sp³-hybridized carbons (Fsp3) is 1.00. The molecule has 0 heterocycles. The summed E-state index contributed by atoms with van der Waals surface area (Å²) in [5.41, 5.74) is 0. The molecule has 0 unspecified atom stereocenters. The molecule has 0 fully saturated rings. The van der Waals surface area contributed by atoms with Gasteiger partial charge in [-0.2, -0.15) is 0 Å². The van der Waals surface area contributed by atoms with Crippen molar-refractivity contribution in [3.05, 3.63) is 0 Å². The average Bonchev–Trinajstić information content (AvgIpc) is 1.81. The number of aliphatic hydroxyl groups excluding tert-OH is 1. The summed E-state index contributed by atoms with van der Waals surface area (Å²) in [5, 5.41) is 8.14. The van der Waals surface area contributed by atoms with Gasteiger partial charge in [0.25, 0.3) is 0 Å². The molecule has 0 atom stereocenters. The lowest BCUT2D eigenvalue weighted by Crippen LogP contribution is -1.94. The second-order valence-corrected chi connectivity index (χ2v) is 1.74. The zero-order valence-corrected chi connectivity index (χ0v) is 5.39. The van der Waals surface area contributed by atoms with Gasteiger partial charge in [0.2, 0.25) is 0 Å². The highest BCUT2D eigenvalue weighted by atomic mass is 16.6. The highest BCUT2D eigenvalue weighted by Gasteiger charge is 1.83. The van der Waals surface area contributed by atoms with Gasteiger partial charge in [-0.3, -0.25) is 0 Å². The van der Waals surface area contributed by atoms with Crippen molar-refractivity contribution >= 4 is 0 Å². The van der Waals surface area contributed by atoms with Crippen molar-refractivity contribution in [1.29, 1.82) is 0 Å². The number of hydrogen-bond acceptors (Lipinski definition) is 2. The van der Waals surface area contributed by atoms with Gasteiger partial charge >= 0.3 is 0 Å². The third kappa shape index (κ3) is 5.92. The normalized spacial score (nSPS) is 9.75. The van der Waals surface area contributed by atoms with E-state index < -0.39 is 0 Å². The molecule has 1 N–H and O–H groups in total. The Kier molecular flexibility index (Phi) is 6.85. The molecule has 0 saturated heterocycles. The van der Waals surface area contributed by atoms with Gasteiger partial charge in [0, 0.05) is 6.61 Å². The lowest BCUT2D eigenvalue weighted by molar-refractivity contribution is -0.00272. The van der Waals surface area contributed by atoms with Crippen molar-refractivity contribution in [1.82, 2.24) is 0 Å².